The van der Waals surface area contributed by atoms with Gasteiger partial charge in [0, 0.05) is 24.3 Å². The molecule has 0 aliphatic carbocycles. The summed E-state index contributed by atoms with van der Waals surface area (Å²) in [4.78, 5) is 12.1. The van der Waals surface area contributed by atoms with Crippen molar-refractivity contribution in [3.8, 4) is 0 Å². The summed E-state index contributed by atoms with van der Waals surface area (Å²) in [5.41, 5.74) is 4.17. The first-order chi connectivity index (χ1) is 10.6. The third kappa shape index (κ3) is 4.62. The fraction of sp³-hybridized carbons (Fsp3) is 0.316. The topological polar surface area (TPSA) is 41.1 Å². The first-order valence-corrected chi connectivity index (χ1v) is 7.73. The van der Waals surface area contributed by atoms with Gasteiger partial charge in [0.2, 0.25) is 0 Å². The second kappa shape index (κ2) is 7.64. The Kier molecular flexibility index (Phi) is 5.59. The van der Waals surface area contributed by atoms with Crippen LogP contribution in [0.25, 0.3) is 0 Å². The molecule has 0 bridgehead atoms. The Labute approximate surface area is 132 Å². The maximum atomic E-state index is 12.1. The molecule has 3 heteroatoms. The van der Waals surface area contributed by atoms with Crippen LogP contribution in [0, 0.1) is 12.8 Å². The maximum absolute atomic E-state index is 12.1. The summed E-state index contributed by atoms with van der Waals surface area (Å²) in [7, 11) is 0. The zero-order chi connectivity index (χ0) is 15.9. The molecule has 2 N–H and O–H groups in total. The van der Waals surface area contributed by atoms with E-state index < -0.39 is 0 Å². The summed E-state index contributed by atoms with van der Waals surface area (Å²) >= 11 is 0. The van der Waals surface area contributed by atoms with Crippen molar-refractivity contribution in [2.75, 3.05) is 11.9 Å². The summed E-state index contributed by atoms with van der Waals surface area (Å²) in [6, 6.07) is 15.9. The van der Waals surface area contributed by atoms with E-state index >= 15 is 0 Å². The van der Waals surface area contributed by atoms with Crippen molar-refractivity contribution < 1.29 is 4.79 Å². The number of carbonyl (C=O) groups excluding carboxylic acids is 1. The van der Waals surface area contributed by atoms with Gasteiger partial charge in [0.25, 0.3) is 5.91 Å². The average molecular weight is 296 g/mol. The van der Waals surface area contributed by atoms with Gasteiger partial charge in [-0.3, -0.25) is 4.79 Å². The van der Waals surface area contributed by atoms with E-state index in [2.05, 4.69) is 43.5 Å². The van der Waals surface area contributed by atoms with Crippen LogP contribution in [-0.4, -0.2) is 12.5 Å². The van der Waals surface area contributed by atoms with Crippen molar-refractivity contribution in [3.63, 3.8) is 0 Å². The van der Waals surface area contributed by atoms with Crippen LogP contribution in [0.1, 0.15) is 35.3 Å². The Balaban J connectivity index is 1.99. The zero-order valence-corrected chi connectivity index (χ0v) is 13.5. The van der Waals surface area contributed by atoms with Crippen LogP contribution in [0.15, 0.2) is 48.5 Å². The van der Waals surface area contributed by atoms with E-state index in [4.69, 9.17) is 0 Å². The number of anilines is 1. The second-order valence-corrected chi connectivity index (χ2v) is 5.96. The van der Waals surface area contributed by atoms with Crippen LogP contribution in [0.3, 0.4) is 0 Å². The number of carbonyl (C=O) groups is 1. The molecule has 0 saturated carbocycles. The maximum Gasteiger partial charge on any atom is 0.251 e. The molecule has 1 amide bonds. The highest BCUT2D eigenvalue weighted by atomic mass is 16.1. The molecule has 22 heavy (non-hydrogen) atoms. The molecule has 0 radical (unpaired) electrons. The van der Waals surface area contributed by atoms with Crippen molar-refractivity contribution in [3.05, 3.63) is 65.2 Å². The molecule has 0 aliphatic rings. The molecule has 0 aliphatic heterocycles. The van der Waals surface area contributed by atoms with Crippen molar-refractivity contribution in [2.45, 2.75) is 27.3 Å². The molecule has 0 spiro atoms. The summed E-state index contributed by atoms with van der Waals surface area (Å²) < 4.78 is 0. The van der Waals surface area contributed by atoms with E-state index in [9.17, 15) is 4.79 Å². The number of aryl methyl sites for hydroxylation is 1. The summed E-state index contributed by atoms with van der Waals surface area (Å²) in [6.45, 7) is 7.72. The monoisotopic (exact) mass is 296 g/mol. The molecule has 116 valence electrons. The van der Waals surface area contributed by atoms with Gasteiger partial charge >= 0.3 is 0 Å². The summed E-state index contributed by atoms with van der Waals surface area (Å²) in [6.07, 6.45) is 0. The normalized spacial score (nSPS) is 10.5. The quantitative estimate of drug-likeness (QED) is 0.846. The van der Waals surface area contributed by atoms with Crippen LogP contribution in [0.5, 0.6) is 0 Å². The fourth-order valence-electron chi connectivity index (χ4n) is 2.17. The van der Waals surface area contributed by atoms with Gasteiger partial charge in [-0.1, -0.05) is 44.2 Å². The Morgan fingerprint density at radius 3 is 2.59 bits per heavy atom. The standard InChI is InChI=1S/C19H24N2O/c1-14(2)12-21-19(22)16-9-6-10-18(11-16)20-13-17-8-5-4-7-15(17)3/h4-11,14,20H,12-13H2,1-3H3,(H,21,22). The molecule has 3 nitrogen and oxygen atoms in total. The molecule has 2 aromatic carbocycles. The molecule has 0 atom stereocenters. The number of hydrogen-bond acceptors (Lipinski definition) is 2. The van der Waals surface area contributed by atoms with Crippen LogP contribution < -0.4 is 10.6 Å². The Morgan fingerprint density at radius 1 is 1.09 bits per heavy atom. The van der Waals surface area contributed by atoms with Crippen LogP contribution >= 0.6 is 0 Å². The Bertz CT molecular complexity index is 635. The highest BCUT2D eigenvalue weighted by molar-refractivity contribution is 5.95. The molecule has 0 unspecified atom stereocenters. The average Bonchev–Trinajstić information content (AvgIpc) is 2.52. The molecule has 0 heterocycles. The first-order valence-electron chi connectivity index (χ1n) is 7.73. The predicted octanol–water partition coefficient (Wildman–Crippen LogP) is 3.99. The van der Waals surface area contributed by atoms with Gasteiger partial charge in [-0.05, 0) is 42.2 Å². The molecule has 0 saturated heterocycles. The first kappa shape index (κ1) is 16.1. The minimum atomic E-state index is -0.0201. The number of amides is 1. The lowest BCUT2D eigenvalue weighted by molar-refractivity contribution is 0.0949. The molecule has 0 aromatic heterocycles. The van der Waals surface area contributed by atoms with Crippen LogP contribution in [0.4, 0.5) is 5.69 Å². The van der Waals surface area contributed by atoms with E-state index in [-0.39, 0.29) is 5.91 Å². The van der Waals surface area contributed by atoms with E-state index in [0.717, 1.165) is 12.2 Å². The summed E-state index contributed by atoms with van der Waals surface area (Å²) in [5, 5.41) is 6.32. The minimum Gasteiger partial charge on any atom is -0.381 e. The fourth-order valence-corrected chi connectivity index (χ4v) is 2.17. The highest BCUT2D eigenvalue weighted by Crippen LogP contribution is 2.14. The minimum absolute atomic E-state index is 0.0201. The number of rotatable bonds is 6. The molecule has 2 aromatic rings. The van der Waals surface area contributed by atoms with Gasteiger partial charge in [0.05, 0.1) is 0 Å². The van der Waals surface area contributed by atoms with Crippen molar-refractivity contribution in [1.29, 1.82) is 0 Å². The molecule has 0 fully saturated rings. The van der Waals surface area contributed by atoms with E-state index in [1.807, 2.05) is 36.4 Å². The van der Waals surface area contributed by atoms with Crippen LogP contribution in [0.2, 0.25) is 0 Å². The van der Waals surface area contributed by atoms with Gasteiger partial charge < -0.3 is 10.6 Å². The number of hydrogen-bond donors (Lipinski definition) is 2. The largest absolute Gasteiger partial charge is 0.381 e. The zero-order valence-electron chi connectivity index (χ0n) is 13.5. The number of benzene rings is 2. The summed E-state index contributed by atoms with van der Waals surface area (Å²) in [5.74, 6) is 0.430. The van der Waals surface area contributed by atoms with E-state index in [0.29, 0.717) is 18.0 Å². The SMILES string of the molecule is Cc1ccccc1CNc1cccc(C(=O)NCC(C)C)c1. The van der Waals surface area contributed by atoms with Gasteiger partial charge in [-0.2, -0.15) is 0 Å². The van der Waals surface area contributed by atoms with Gasteiger partial charge in [-0.25, -0.2) is 0 Å². The number of nitrogens with one attached hydrogen (secondary N) is 2. The second-order valence-electron chi connectivity index (χ2n) is 5.96. The van der Waals surface area contributed by atoms with Gasteiger partial charge in [0.1, 0.15) is 0 Å². The lowest BCUT2D eigenvalue weighted by atomic mass is 10.1. The van der Waals surface area contributed by atoms with Crippen molar-refractivity contribution in [2.24, 2.45) is 5.92 Å². The van der Waals surface area contributed by atoms with E-state index in [1.54, 1.807) is 0 Å². The molecular weight excluding hydrogens is 272 g/mol. The molecular formula is C19H24N2O. The highest BCUT2D eigenvalue weighted by Gasteiger charge is 2.06. The Morgan fingerprint density at radius 2 is 1.86 bits per heavy atom. The van der Waals surface area contributed by atoms with Gasteiger partial charge in [-0.15, -0.1) is 0 Å². The lowest BCUT2D eigenvalue weighted by Crippen LogP contribution is -2.27. The van der Waals surface area contributed by atoms with Crippen molar-refractivity contribution >= 4 is 11.6 Å². The predicted molar refractivity (Wildman–Crippen MR) is 92.1 cm³/mol. The van der Waals surface area contributed by atoms with E-state index in [1.165, 1.54) is 11.1 Å². The lowest BCUT2D eigenvalue weighted by Gasteiger charge is -2.11. The third-order valence-electron chi connectivity index (χ3n) is 3.54. The third-order valence-corrected chi connectivity index (χ3v) is 3.54. The molecule has 2 rings (SSSR count). The van der Waals surface area contributed by atoms with Crippen molar-refractivity contribution in [1.82, 2.24) is 5.32 Å². The van der Waals surface area contributed by atoms with Crippen LogP contribution in [-0.2, 0) is 6.54 Å². The Hall–Kier alpha value is -2.29. The van der Waals surface area contributed by atoms with Gasteiger partial charge in [0.15, 0.2) is 0 Å². The smallest absolute Gasteiger partial charge is 0.251 e.